The third kappa shape index (κ3) is 2.17. The molecule has 4 heteroatoms. The number of benzene rings is 2. The molecule has 0 spiro atoms. The predicted molar refractivity (Wildman–Crippen MR) is 74.6 cm³/mol. The molecule has 1 aromatic heterocycles. The molecule has 0 aliphatic carbocycles. The molecule has 96 valence electrons. The predicted octanol–water partition coefficient (Wildman–Crippen LogP) is 3.58. The van der Waals surface area contributed by atoms with E-state index in [0.29, 0.717) is 17.3 Å². The minimum absolute atomic E-state index is 0.464. The van der Waals surface area contributed by atoms with Crippen LogP contribution >= 0.6 is 0 Å². The molecule has 2 aromatic carbocycles. The van der Waals surface area contributed by atoms with E-state index < -0.39 is 0 Å². The van der Waals surface area contributed by atoms with Gasteiger partial charge in [0.25, 0.3) is 5.89 Å². The van der Waals surface area contributed by atoms with Crippen molar-refractivity contribution in [3.8, 4) is 28.9 Å². The summed E-state index contributed by atoms with van der Waals surface area (Å²) in [4.78, 5) is 4.41. The van der Waals surface area contributed by atoms with Gasteiger partial charge in [-0.1, -0.05) is 35.5 Å². The zero-order valence-corrected chi connectivity index (χ0v) is 10.9. The smallest absolute Gasteiger partial charge is 0.258 e. The Labute approximate surface area is 116 Å². The van der Waals surface area contributed by atoms with Crippen molar-refractivity contribution in [3.05, 3.63) is 59.7 Å². The molecule has 0 saturated carbocycles. The zero-order chi connectivity index (χ0) is 13.9. The molecule has 3 aromatic rings. The van der Waals surface area contributed by atoms with Crippen LogP contribution in [0.5, 0.6) is 0 Å². The Hall–Kier alpha value is -2.93. The Balaban J connectivity index is 2.01. The van der Waals surface area contributed by atoms with Gasteiger partial charge in [-0.05, 0) is 30.7 Å². The summed E-state index contributed by atoms with van der Waals surface area (Å²) in [5, 5.41) is 12.9. The molecule has 0 bridgehead atoms. The Morgan fingerprint density at radius 2 is 1.90 bits per heavy atom. The second-order valence-corrected chi connectivity index (χ2v) is 4.43. The van der Waals surface area contributed by atoms with Crippen molar-refractivity contribution in [1.82, 2.24) is 10.1 Å². The molecule has 3 rings (SSSR count). The summed E-state index contributed by atoms with van der Waals surface area (Å²) in [7, 11) is 0. The van der Waals surface area contributed by atoms with Crippen LogP contribution in [-0.2, 0) is 0 Å². The lowest BCUT2D eigenvalue weighted by atomic mass is 10.1. The first kappa shape index (κ1) is 12.1. The number of rotatable bonds is 2. The average molecular weight is 261 g/mol. The SMILES string of the molecule is Cc1cc(C#N)ccc1-c1nc(-c2ccccc2)no1. The minimum atomic E-state index is 0.464. The van der Waals surface area contributed by atoms with Crippen LogP contribution in [0.4, 0.5) is 0 Å². The molecular formula is C16H11N3O. The third-order valence-electron chi connectivity index (χ3n) is 3.04. The minimum Gasteiger partial charge on any atom is -0.334 e. The van der Waals surface area contributed by atoms with E-state index in [0.717, 1.165) is 16.7 Å². The summed E-state index contributed by atoms with van der Waals surface area (Å²) in [5.74, 6) is 1.02. The van der Waals surface area contributed by atoms with Crippen molar-refractivity contribution in [1.29, 1.82) is 5.26 Å². The molecule has 0 saturated heterocycles. The van der Waals surface area contributed by atoms with Gasteiger partial charge in [-0.15, -0.1) is 0 Å². The van der Waals surface area contributed by atoms with Gasteiger partial charge in [0.15, 0.2) is 0 Å². The fourth-order valence-corrected chi connectivity index (χ4v) is 2.01. The van der Waals surface area contributed by atoms with Gasteiger partial charge in [-0.25, -0.2) is 0 Å². The molecule has 0 atom stereocenters. The summed E-state index contributed by atoms with van der Waals surface area (Å²) in [6.07, 6.45) is 0. The first-order valence-electron chi connectivity index (χ1n) is 6.18. The molecule has 0 unspecified atom stereocenters. The maximum atomic E-state index is 8.87. The van der Waals surface area contributed by atoms with Crippen LogP contribution in [0.1, 0.15) is 11.1 Å². The lowest BCUT2D eigenvalue weighted by Crippen LogP contribution is -1.86. The monoisotopic (exact) mass is 261 g/mol. The molecule has 0 radical (unpaired) electrons. The average Bonchev–Trinajstić information content (AvgIpc) is 2.97. The van der Waals surface area contributed by atoms with Gasteiger partial charge < -0.3 is 4.52 Å². The van der Waals surface area contributed by atoms with Gasteiger partial charge >= 0.3 is 0 Å². The van der Waals surface area contributed by atoms with E-state index in [-0.39, 0.29) is 0 Å². The number of hydrogen-bond donors (Lipinski definition) is 0. The second kappa shape index (κ2) is 4.98. The molecule has 0 aliphatic heterocycles. The van der Waals surface area contributed by atoms with Gasteiger partial charge in [0.05, 0.1) is 11.6 Å². The van der Waals surface area contributed by atoms with Crippen molar-refractivity contribution in [2.75, 3.05) is 0 Å². The number of hydrogen-bond acceptors (Lipinski definition) is 4. The normalized spacial score (nSPS) is 10.2. The molecule has 1 heterocycles. The van der Waals surface area contributed by atoms with Gasteiger partial charge in [-0.2, -0.15) is 10.2 Å². The number of aromatic nitrogens is 2. The van der Waals surface area contributed by atoms with E-state index >= 15 is 0 Å². The van der Waals surface area contributed by atoms with E-state index in [4.69, 9.17) is 9.78 Å². The number of aryl methyl sites for hydroxylation is 1. The van der Waals surface area contributed by atoms with E-state index in [1.807, 2.05) is 49.4 Å². The van der Waals surface area contributed by atoms with Crippen molar-refractivity contribution >= 4 is 0 Å². The van der Waals surface area contributed by atoms with Gasteiger partial charge in [0.2, 0.25) is 5.82 Å². The lowest BCUT2D eigenvalue weighted by Gasteiger charge is -2.00. The van der Waals surface area contributed by atoms with Crippen LogP contribution in [0.25, 0.3) is 22.8 Å². The largest absolute Gasteiger partial charge is 0.334 e. The first-order valence-corrected chi connectivity index (χ1v) is 6.18. The zero-order valence-electron chi connectivity index (χ0n) is 10.9. The molecule has 0 aliphatic rings. The van der Waals surface area contributed by atoms with Crippen LogP contribution < -0.4 is 0 Å². The number of nitriles is 1. The topological polar surface area (TPSA) is 62.7 Å². The Kier molecular flexibility index (Phi) is 3.02. The highest BCUT2D eigenvalue weighted by molar-refractivity contribution is 5.63. The lowest BCUT2D eigenvalue weighted by molar-refractivity contribution is 0.432. The molecular weight excluding hydrogens is 250 g/mol. The number of nitrogens with zero attached hydrogens (tertiary/aromatic N) is 3. The highest BCUT2D eigenvalue weighted by atomic mass is 16.5. The molecule has 20 heavy (non-hydrogen) atoms. The summed E-state index contributed by atoms with van der Waals surface area (Å²) in [5.41, 5.74) is 3.31. The summed E-state index contributed by atoms with van der Waals surface area (Å²) in [6, 6.07) is 17.2. The summed E-state index contributed by atoms with van der Waals surface area (Å²) >= 11 is 0. The van der Waals surface area contributed by atoms with Crippen LogP contribution in [-0.4, -0.2) is 10.1 Å². The van der Waals surface area contributed by atoms with Crippen molar-refractivity contribution in [2.45, 2.75) is 6.92 Å². The van der Waals surface area contributed by atoms with Crippen LogP contribution in [0.3, 0.4) is 0 Å². The standard InChI is InChI=1S/C16H11N3O/c1-11-9-12(10-17)7-8-14(11)16-18-15(19-20-16)13-5-3-2-4-6-13/h2-9H,1H3. The molecule has 0 amide bonds. The van der Waals surface area contributed by atoms with E-state index in [2.05, 4.69) is 16.2 Å². The Bertz CT molecular complexity index is 785. The van der Waals surface area contributed by atoms with Gasteiger partial charge in [0, 0.05) is 11.1 Å². The van der Waals surface area contributed by atoms with Gasteiger partial charge in [0.1, 0.15) is 0 Å². The Morgan fingerprint density at radius 1 is 1.10 bits per heavy atom. The first-order chi connectivity index (χ1) is 9.78. The third-order valence-corrected chi connectivity index (χ3v) is 3.04. The molecule has 0 N–H and O–H groups in total. The molecule has 0 fully saturated rings. The fourth-order valence-electron chi connectivity index (χ4n) is 2.01. The van der Waals surface area contributed by atoms with Crippen molar-refractivity contribution < 1.29 is 4.52 Å². The van der Waals surface area contributed by atoms with E-state index in [1.165, 1.54) is 0 Å². The highest BCUT2D eigenvalue weighted by Crippen LogP contribution is 2.25. The van der Waals surface area contributed by atoms with Crippen LogP contribution in [0, 0.1) is 18.3 Å². The Morgan fingerprint density at radius 3 is 2.60 bits per heavy atom. The van der Waals surface area contributed by atoms with Crippen LogP contribution in [0.2, 0.25) is 0 Å². The summed E-state index contributed by atoms with van der Waals surface area (Å²) in [6.45, 7) is 1.92. The van der Waals surface area contributed by atoms with Crippen molar-refractivity contribution in [3.63, 3.8) is 0 Å². The quantitative estimate of drug-likeness (QED) is 0.707. The van der Waals surface area contributed by atoms with Crippen molar-refractivity contribution in [2.24, 2.45) is 0 Å². The maximum Gasteiger partial charge on any atom is 0.258 e. The van der Waals surface area contributed by atoms with Crippen LogP contribution in [0.15, 0.2) is 53.1 Å². The highest BCUT2D eigenvalue weighted by Gasteiger charge is 2.12. The van der Waals surface area contributed by atoms with E-state index in [9.17, 15) is 0 Å². The fraction of sp³-hybridized carbons (Fsp3) is 0.0625. The second-order valence-electron chi connectivity index (χ2n) is 4.43. The molecule has 4 nitrogen and oxygen atoms in total. The van der Waals surface area contributed by atoms with E-state index in [1.54, 1.807) is 6.07 Å². The van der Waals surface area contributed by atoms with Gasteiger partial charge in [-0.3, -0.25) is 0 Å². The summed E-state index contributed by atoms with van der Waals surface area (Å²) < 4.78 is 5.32. The maximum absolute atomic E-state index is 8.87.